The minimum atomic E-state index is -0.187. The van der Waals surface area contributed by atoms with Crippen LogP contribution in [-0.2, 0) is 0 Å². The summed E-state index contributed by atoms with van der Waals surface area (Å²) in [6, 6.07) is 0. The molecule has 3 N–H and O–H groups in total. The maximum absolute atomic E-state index is 8.99. The summed E-state index contributed by atoms with van der Waals surface area (Å²) in [6.45, 7) is 2.53. The second-order valence-corrected chi connectivity index (χ2v) is 2.00. The lowest BCUT2D eigenvalue weighted by molar-refractivity contribution is 0.173. The monoisotopic (exact) mass is 129 g/mol. The first-order chi connectivity index (χ1) is 4.31. The molecule has 1 unspecified atom stereocenters. The van der Waals surface area contributed by atoms with E-state index in [0.717, 1.165) is 12.8 Å². The SMILES string of the molecule is CCC(O)C/C=C/CN. The van der Waals surface area contributed by atoms with Gasteiger partial charge in [-0.1, -0.05) is 19.1 Å². The van der Waals surface area contributed by atoms with Crippen molar-refractivity contribution >= 4 is 0 Å². The number of aliphatic hydroxyl groups is 1. The fourth-order valence-electron chi connectivity index (χ4n) is 0.516. The number of hydrogen-bond acceptors (Lipinski definition) is 2. The highest BCUT2D eigenvalue weighted by Crippen LogP contribution is 1.96. The molecule has 9 heavy (non-hydrogen) atoms. The van der Waals surface area contributed by atoms with Crippen molar-refractivity contribution < 1.29 is 5.11 Å². The van der Waals surface area contributed by atoms with Gasteiger partial charge in [-0.3, -0.25) is 0 Å². The first-order valence-electron chi connectivity index (χ1n) is 3.34. The van der Waals surface area contributed by atoms with E-state index in [4.69, 9.17) is 10.8 Å². The molecule has 0 aliphatic carbocycles. The van der Waals surface area contributed by atoms with Gasteiger partial charge in [0, 0.05) is 6.54 Å². The van der Waals surface area contributed by atoms with Gasteiger partial charge in [0.2, 0.25) is 0 Å². The van der Waals surface area contributed by atoms with Crippen molar-refractivity contribution in [3.8, 4) is 0 Å². The summed E-state index contributed by atoms with van der Waals surface area (Å²) in [6.07, 6.45) is 5.13. The van der Waals surface area contributed by atoms with Crippen LogP contribution in [0, 0.1) is 0 Å². The Hall–Kier alpha value is -0.340. The van der Waals surface area contributed by atoms with Crippen molar-refractivity contribution in [3.05, 3.63) is 12.2 Å². The predicted molar refractivity (Wildman–Crippen MR) is 39.1 cm³/mol. The molecule has 0 heterocycles. The van der Waals surface area contributed by atoms with E-state index in [1.807, 2.05) is 19.1 Å². The lowest BCUT2D eigenvalue weighted by Gasteiger charge is -2.00. The third-order valence-corrected chi connectivity index (χ3v) is 1.18. The lowest BCUT2D eigenvalue weighted by Crippen LogP contribution is -2.02. The molecule has 0 aliphatic rings. The van der Waals surface area contributed by atoms with E-state index in [1.54, 1.807) is 0 Å². The van der Waals surface area contributed by atoms with Crippen molar-refractivity contribution in [2.24, 2.45) is 5.73 Å². The van der Waals surface area contributed by atoms with E-state index in [9.17, 15) is 0 Å². The van der Waals surface area contributed by atoms with Gasteiger partial charge in [-0.05, 0) is 12.8 Å². The molecule has 0 spiro atoms. The van der Waals surface area contributed by atoms with Crippen LogP contribution in [0.25, 0.3) is 0 Å². The number of rotatable bonds is 4. The van der Waals surface area contributed by atoms with Gasteiger partial charge in [0.05, 0.1) is 6.10 Å². The topological polar surface area (TPSA) is 46.2 Å². The molecule has 0 amide bonds. The van der Waals surface area contributed by atoms with Gasteiger partial charge in [-0.25, -0.2) is 0 Å². The van der Waals surface area contributed by atoms with Crippen molar-refractivity contribution in [2.75, 3.05) is 6.54 Å². The van der Waals surface area contributed by atoms with Crippen LogP contribution in [0.3, 0.4) is 0 Å². The Balaban J connectivity index is 3.15. The van der Waals surface area contributed by atoms with Crippen molar-refractivity contribution in [3.63, 3.8) is 0 Å². The maximum Gasteiger partial charge on any atom is 0.0572 e. The highest BCUT2D eigenvalue weighted by molar-refractivity contribution is 4.84. The highest BCUT2D eigenvalue weighted by Gasteiger charge is 1.93. The molecule has 0 saturated heterocycles. The van der Waals surface area contributed by atoms with E-state index in [2.05, 4.69) is 0 Å². The van der Waals surface area contributed by atoms with Crippen LogP contribution in [0.1, 0.15) is 19.8 Å². The Bertz CT molecular complexity index is 81.0. The summed E-state index contributed by atoms with van der Waals surface area (Å²) in [5, 5.41) is 8.99. The van der Waals surface area contributed by atoms with Crippen LogP contribution in [0.5, 0.6) is 0 Å². The second-order valence-electron chi connectivity index (χ2n) is 2.00. The average molecular weight is 129 g/mol. The van der Waals surface area contributed by atoms with Crippen LogP contribution < -0.4 is 5.73 Å². The van der Waals surface area contributed by atoms with Crippen LogP contribution in [-0.4, -0.2) is 17.8 Å². The molecular weight excluding hydrogens is 114 g/mol. The van der Waals surface area contributed by atoms with Gasteiger partial charge >= 0.3 is 0 Å². The minimum Gasteiger partial charge on any atom is -0.393 e. The number of aliphatic hydroxyl groups excluding tert-OH is 1. The molecule has 2 heteroatoms. The fourth-order valence-corrected chi connectivity index (χ4v) is 0.516. The molecule has 0 aromatic heterocycles. The van der Waals surface area contributed by atoms with Gasteiger partial charge < -0.3 is 10.8 Å². The van der Waals surface area contributed by atoms with Gasteiger partial charge in [0.15, 0.2) is 0 Å². The van der Waals surface area contributed by atoms with Crippen molar-refractivity contribution in [1.82, 2.24) is 0 Å². The minimum absolute atomic E-state index is 0.187. The summed E-state index contributed by atoms with van der Waals surface area (Å²) in [5.41, 5.74) is 5.19. The Labute approximate surface area is 56.4 Å². The molecule has 0 fully saturated rings. The first-order valence-corrected chi connectivity index (χ1v) is 3.34. The van der Waals surface area contributed by atoms with E-state index >= 15 is 0 Å². The van der Waals surface area contributed by atoms with E-state index < -0.39 is 0 Å². The van der Waals surface area contributed by atoms with Gasteiger partial charge in [-0.2, -0.15) is 0 Å². The Kier molecular flexibility index (Phi) is 5.57. The second kappa shape index (κ2) is 5.79. The fraction of sp³-hybridized carbons (Fsp3) is 0.714. The smallest absolute Gasteiger partial charge is 0.0572 e. The summed E-state index contributed by atoms with van der Waals surface area (Å²) in [4.78, 5) is 0. The summed E-state index contributed by atoms with van der Waals surface area (Å²) < 4.78 is 0. The van der Waals surface area contributed by atoms with E-state index in [1.165, 1.54) is 0 Å². The normalized spacial score (nSPS) is 14.6. The third kappa shape index (κ3) is 5.53. The van der Waals surface area contributed by atoms with E-state index in [-0.39, 0.29) is 6.10 Å². The van der Waals surface area contributed by atoms with Crippen molar-refractivity contribution in [1.29, 1.82) is 0 Å². The standard InChI is InChI=1S/C7H15NO/c1-2-7(9)5-3-4-6-8/h3-4,7,9H,2,5-6,8H2,1H3/b4-3+. The Morgan fingerprint density at radius 1 is 1.56 bits per heavy atom. The molecule has 0 aromatic rings. The quantitative estimate of drug-likeness (QED) is 0.548. The molecule has 0 aromatic carbocycles. The zero-order valence-corrected chi connectivity index (χ0v) is 5.88. The third-order valence-electron chi connectivity index (χ3n) is 1.18. The Morgan fingerprint density at radius 2 is 2.22 bits per heavy atom. The molecular formula is C7H15NO. The largest absolute Gasteiger partial charge is 0.393 e. The van der Waals surface area contributed by atoms with E-state index in [0.29, 0.717) is 6.54 Å². The number of hydrogen-bond donors (Lipinski definition) is 2. The molecule has 1 atom stereocenters. The zero-order valence-electron chi connectivity index (χ0n) is 5.88. The van der Waals surface area contributed by atoms with Gasteiger partial charge in [0.1, 0.15) is 0 Å². The summed E-state index contributed by atoms with van der Waals surface area (Å²) in [5.74, 6) is 0. The maximum atomic E-state index is 8.99. The molecule has 0 saturated carbocycles. The van der Waals surface area contributed by atoms with Gasteiger partial charge in [0.25, 0.3) is 0 Å². The molecule has 54 valence electrons. The zero-order chi connectivity index (χ0) is 7.11. The average Bonchev–Trinajstić information content (AvgIpc) is 1.89. The first kappa shape index (κ1) is 8.66. The lowest BCUT2D eigenvalue weighted by atomic mass is 10.2. The van der Waals surface area contributed by atoms with Crippen LogP contribution in [0.4, 0.5) is 0 Å². The van der Waals surface area contributed by atoms with Crippen molar-refractivity contribution in [2.45, 2.75) is 25.9 Å². The molecule has 0 aliphatic heterocycles. The van der Waals surface area contributed by atoms with Gasteiger partial charge in [-0.15, -0.1) is 0 Å². The molecule has 2 nitrogen and oxygen atoms in total. The molecule has 0 rings (SSSR count). The van der Waals surface area contributed by atoms with Crippen LogP contribution >= 0.6 is 0 Å². The summed E-state index contributed by atoms with van der Waals surface area (Å²) >= 11 is 0. The molecule has 0 radical (unpaired) electrons. The van der Waals surface area contributed by atoms with Crippen LogP contribution in [0.2, 0.25) is 0 Å². The van der Waals surface area contributed by atoms with Crippen LogP contribution in [0.15, 0.2) is 12.2 Å². The highest BCUT2D eigenvalue weighted by atomic mass is 16.3. The predicted octanol–water partition coefficient (Wildman–Crippen LogP) is 0.662. The Morgan fingerprint density at radius 3 is 2.67 bits per heavy atom. The molecule has 0 bridgehead atoms. The number of nitrogens with two attached hydrogens (primary N) is 1. The summed E-state index contributed by atoms with van der Waals surface area (Å²) in [7, 11) is 0.